The van der Waals surface area contributed by atoms with Crippen LogP contribution in [0.4, 0.5) is 24.7 Å². The minimum absolute atomic E-state index is 0.0654. The van der Waals surface area contributed by atoms with Gasteiger partial charge in [0.05, 0.1) is 24.3 Å². The number of fused-ring (bicyclic) bond motifs is 1. The summed E-state index contributed by atoms with van der Waals surface area (Å²) in [5, 5.41) is 4.27. The standard InChI is InChI=1S/C31H27F3N4O2/c1-20-6-7-22(16-21(20)8-9-23-18-36-29(35)27-5-3-2-4-26(23)27)30(39)37-25-11-10-24(28(17-25)31(32,33)34)19-38-12-14-40-15-13-38/h2-7,10-11,16-18H,12-15,19H2,1H3,(H2,35,36)(H,37,39). The summed E-state index contributed by atoms with van der Waals surface area (Å²) in [6.07, 6.45) is -2.95. The van der Waals surface area contributed by atoms with Crippen molar-refractivity contribution in [2.75, 3.05) is 37.4 Å². The number of halogens is 3. The van der Waals surface area contributed by atoms with Crippen LogP contribution in [0.15, 0.2) is 66.9 Å². The zero-order valence-electron chi connectivity index (χ0n) is 21.8. The smallest absolute Gasteiger partial charge is 0.383 e. The molecule has 3 aromatic carbocycles. The van der Waals surface area contributed by atoms with Crippen LogP contribution < -0.4 is 11.1 Å². The number of hydrogen-bond acceptors (Lipinski definition) is 5. The fourth-order valence-electron chi connectivity index (χ4n) is 4.61. The van der Waals surface area contributed by atoms with Crippen molar-refractivity contribution in [1.29, 1.82) is 0 Å². The minimum atomic E-state index is -4.56. The monoisotopic (exact) mass is 544 g/mol. The molecule has 0 spiro atoms. The molecule has 2 heterocycles. The zero-order chi connectivity index (χ0) is 28.3. The molecule has 4 aromatic rings. The van der Waals surface area contributed by atoms with E-state index in [1.54, 1.807) is 24.4 Å². The molecule has 6 nitrogen and oxygen atoms in total. The average molecular weight is 545 g/mol. The Morgan fingerprint density at radius 3 is 2.50 bits per heavy atom. The van der Waals surface area contributed by atoms with Crippen molar-refractivity contribution in [3.63, 3.8) is 0 Å². The van der Waals surface area contributed by atoms with Crippen LogP contribution in [-0.4, -0.2) is 42.1 Å². The van der Waals surface area contributed by atoms with Gasteiger partial charge in [-0.05, 0) is 42.3 Å². The molecular formula is C31H27F3N4O2. The molecule has 40 heavy (non-hydrogen) atoms. The van der Waals surface area contributed by atoms with Crippen molar-refractivity contribution in [3.05, 3.63) is 100 Å². The Kier molecular flexibility index (Phi) is 7.74. The van der Waals surface area contributed by atoms with Crippen molar-refractivity contribution in [1.82, 2.24) is 9.88 Å². The van der Waals surface area contributed by atoms with Gasteiger partial charge in [0.15, 0.2) is 0 Å². The summed E-state index contributed by atoms with van der Waals surface area (Å²) >= 11 is 0. The third-order valence-corrected chi connectivity index (χ3v) is 6.83. The van der Waals surface area contributed by atoms with Crippen LogP contribution in [-0.2, 0) is 17.5 Å². The van der Waals surface area contributed by atoms with E-state index in [4.69, 9.17) is 10.5 Å². The Balaban J connectivity index is 1.38. The topological polar surface area (TPSA) is 80.5 Å². The Bertz CT molecular complexity index is 1630. The molecule has 1 aliphatic heterocycles. The lowest BCUT2D eigenvalue weighted by Gasteiger charge is -2.27. The number of nitrogens with two attached hydrogens (primary N) is 1. The van der Waals surface area contributed by atoms with Crippen LogP contribution in [0, 0.1) is 18.8 Å². The van der Waals surface area contributed by atoms with Gasteiger partial charge in [0.2, 0.25) is 0 Å². The normalized spacial score (nSPS) is 14.0. The first-order chi connectivity index (χ1) is 19.2. The van der Waals surface area contributed by atoms with E-state index in [1.165, 1.54) is 12.1 Å². The number of nitrogens with zero attached hydrogens (tertiary/aromatic N) is 2. The van der Waals surface area contributed by atoms with Crippen molar-refractivity contribution < 1.29 is 22.7 Å². The SMILES string of the molecule is Cc1ccc(C(=O)Nc2ccc(CN3CCOCC3)c(C(F)(F)F)c2)cc1C#Cc1cnc(N)c2ccccc12. The molecule has 5 rings (SSSR count). The largest absolute Gasteiger partial charge is 0.416 e. The molecule has 9 heteroatoms. The number of amides is 1. The van der Waals surface area contributed by atoms with Gasteiger partial charge >= 0.3 is 6.18 Å². The van der Waals surface area contributed by atoms with Crippen molar-refractivity contribution in [3.8, 4) is 11.8 Å². The van der Waals surface area contributed by atoms with Crippen LogP contribution in [0.1, 0.15) is 38.2 Å². The summed E-state index contributed by atoms with van der Waals surface area (Å²) in [6, 6.07) is 16.5. The zero-order valence-corrected chi connectivity index (χ0v) is 21.8. The predicted molar refractivity (Wildman–Crippen MR) is 149 cm³/mol. The van der Waals surface area contributed by atoms with Crippen molar-refractivity contribution in [2.45, 2.75) is 19.6 Å². The molecule has 0 saturated carbocycles. The van der Waals surface area contributed by atoms with E-state index in [9.17, 15) is 18.0 Å². The van der Waals surface area contributed by atoms with Crippen molar-refractivity contribution in [2.24, 2.45) is 0 Å². The number of anilines is 2. The number of pyridine rings is 1. The molecule has 0 aliphatic carbocycles. The Labute approximate surface area is 230 Å². The van der Waals surface area contributed by atoms with Gasteiger partial charge < -0.3 is 15.8 Å². The number of carbonyl (C=O) groups is 1. The molecule has 1 aliphatic rings. The third kappa shape index (κ3) is 6.09. The highest BCUT2D eigenvalue weighted by atomic mass is 19.4. The number of benzene rings is 3. The second-order valence-corrected chi connectivity index (χ2v) is 9.59. The van der Waals surface area contributed by atoms with Crippen LogP contribution in [0.2, 0.25) is 0 Å². The molecule has 204 valence electrons. The third-order valence-electron chi connectivity index (χ3n) is 6.83. The maximum atomic E-state index is 13.9. The summed E-state index contributed by atoms with van der Waals surface area (Å²) in [5.74, 6) is 6.10. The summed E-state index contributed by atoms with van der Waals surface area (Å²) < 4.78 is 47.0. The lowest BCUT2D eigenvalue weighted by Crippen LogP contribution is -2.36. The Morgan fingerprint density at radius 1 is 1.02 bits per heavy atom. The fourth-order valence-corrected chi connectivity index (χ4v) is 4.61. The lowest BCUT2D eigenvalue weighted by atomic mass is 10.0. The number of alkyl halides is 3. The first-order valence-corrected chi connectivity index (χ1v) is 12.8. The summed E-state index contributed by atoms with van der Waals surface area (Å²) in [5.41, 5.74) is 7.88. The Hall–Kier alpha value is -4.39. The molecule has 0 radical (unpaired) electrons. The van der Waals surface area contributed by atoms with Crippen LogP contribution >= 0.6 is 0 Å². The molecule has 1 fully saturated rings. The van der Waals surface area contributed by atoms with E-state index < -0.39 is 17.6 Å². The Morgan fingerprint density at radius 2 is 1.75 bits per heavy atom. The molecule has 1 amide bonds. The summed E-state index contributed by atoms with van der Waals surface area (Å²) in [4.78, 5) is 19.2. The number of hydrogen-bond donors (Lipinski definition) is 2. The maximum Gasteiger partial charge on any atom is 0.416 e. The summed E-state index contributed by atoms with van der Waals surface area (Å²) in [7, 11) is 0. The first kappa shape index (κ1) is 27.2. The fraction of sp³-hybridized carbons (Fsp3) is 0.226. The van der Waals surface area contributed by atoms with Crippen LogP contribution in [0.3, 0.4) is 0 Å². The summed E-state index contributed by atoms with van der Waals surface area (Å²) in [6.45, 7) is 4.15. The molecule has 3 N–H and O–H groups in total. The number of morpholine rings is 1. The molecule has 0 atom stereocenters. The highest BCUT2D eigenvalue weighted by Crippen LogP contribution is 2.35. The molecule has 0 unspecified atom stereocenters. The van der Waals surface area contributed by atoms with E-state index >= 15 is 0 Å². The highest BCUT2D eigenvalue weighted by Gasteiger charge is 2.34. The highest BCUT2D eigenvalue weighted by molar-refractivity contribution is 6.04. The number of nitrogen functional groups attached to an aromatic ring is 1. The minimum Gasteiger partial charge on any atom is -0.383 e. The van der Waals surface area contributed by atoms with Gasteiger partial charge in [0.25, 0.3) is 5.91 Å². The van der Waals surface area contributed by atoms with Crippen molar-refractivity contribution >= 4 is 28.2 Å². The number of ether oxygens (including phenoxy) is 1. The van der Waals surface area contributed by atoms with E-state index in [1.807, 2.05) is 36.1 Å². The number of rotatable bonds is 4. The average Bonchev–Trinajstić information content (AvgIpc) is 2.94. The lowest BCUT2D eigenvalue weighted by molar-refractivity contribution is -0.138. The van der Waals surface area contributed by atoms with Gasteiger partial charge in [-0.15, -0.1) is 0 Å². The van der Waals surface area contributed by atoms with Gasteiger partial charge in [-0.1, -0.05) is 48.2 Å². The van der Waals surface area contributed by atoms with Gasteiger partial charge in [-0.25, -0.2) is 4.98 Å². The quantitative estimate of drug-likeness (QED) is 0.326. The second kappa shape index (κ2) is 11.4. The van der Waals surface area contributed by atoms with Gasteiger partial charge in [0, 0.05) is 53.4 Å². The molecule has 1 saturated heterocycles. The van der Waals surface area contributed by atoms with E-state index in [0.29, 0.717) is 43.2 Å². The van der Waals surface area contributed by atoms with E-state index in [-0.39, 0.29) is 23.4 Å². The number of nitrogens with one attached hydrogen (secondary N) is 1. The van der Waals surface area contributed by atoms with Crippen LogP contribution in [0.25, 0.3) is 10.8 Å². The molecule has 1 aromatic heterocycles. The maximum absolute atomic E-state index is 13.9. The van der Waals surface area contributed by atoms with Gasteiger partial charge in [-0.2, -0.15) is 13.2 Å². The van der Waals surface area contributed by atoms with E-state index in [0.717, 1.165) is 22.4 Å². The molecular weight excluding hydrogens is 517 g/mol. The predicted octanol–water partition coefficient (Wildman–Crippen LogP) is 5.63. The molecule has 0 bridgehead atoms. The number of carbonyl (C=O) groups excluding carboxylic acids is 1. The second-order valence-electron chi connectivity index (χ2n) is 9.59. The van der Waals surface area contributed by atoms with Gasteiger partial charge in [0.1, 0.15) is 5.82 Å². The first-order valence-electron chi connectivity index (χ1n) is 12.8. The number of aromatic nitrogens is 1. The van der Waals surface area contributed by atoms with Gasteiger partial charge in [-0.3, -0.25) is 9.69 Å². The van der Waals surface area contributed by atoms with E-state index in [2.05, 4.69) is 22.1 Å². The van der Waals surface area contributed by atoms with Crippen LogP contribution in [0.5, 0.6) is 0 Å². The number of aryl methyl sites for hydroxylation is 1.